The maximum Gasteiger partial charge on any atom is 0.243 e. The van der Waals surface area contributed by atoms with Gasteiger partial charge in [-0.1, -0.05) is 58.9 Å². The molecule has 8 heteroatoms. The van der Waals surface area contributed by atoms with Crippen molar-refractivity contribution in [1.82, 2.24) is 20.5 Å². The second kappa shape index (κ2) is 10.3. The van der Waals surface area contributed by atoms with Gasteiger partial charge in [0.2, 0.25) is 11.8 Å². The maximum absolute atomic E-state index is 13.4. The van der Waals surface area contributed by atoms with Gasteiger partial charge in [0.1, 0.15) is 6.04 Å². The monoisotopic (exact) mass is 472 g/mol. The second-order valence-electron chi connectivity index (χ2n) is 10.2. The molecule has 33 heavy (non-hydrogen) atoms. The lowest BCUT2D eigenvalue weighted by Crippen LogP contribution is -2.57. The van der Waals surface area contributed by atoms with E-state index in [1.807, 2.05) is 71.3 Å². The van der Waals surface area contributed by atoms with Crippen molar-refractivity contribution in [3.8, 4) is 10.4 Å². The third-order valence-corrected chi connectivity index (χ3v) is 6.88. The molecule has 3 rings (SSSR count). The number of likely N-dealkylation sites (tertiary alicyclic amines) is 1. The molecule has 0 aliphatic carbocycles. The summed E-state index contributed by atoms with van der Waals surface area (Å²) in [6.07, 6.45) is -0.453. The molecule has 2 heterocycles. The normalized spacial score (nSPS) is 19.7. The number of thiazole rings is 1. The van der Waals surface area contributed by atoms with Crippen LogP contribution in [0.5, 0.6) is 0 Å². The van der Waals surface area contributed by atoms with Gasteiger partial charge in [0, 0.05) is 25.6 Å². The number of aliphatic hydroxyl groups is 1. The first-order chi connectivity index (χ1) is 15.5. The number of carbonyl (C=O) groups excluding carboxylic acids is 2. The van der Waals surface area contributed by atoms with E-state index in [9.17, 15) is 14.7 Å². The molecule has 1 aliphatic rings. The van der Waals surface area contributed by atoms with Crippen LogP contribution in [-0.4, -0.2) is 57.6 Å². The van der Waals surface area contributed by atoms with Gasteiger partial charge >= 0.3 is 0 Å². The fourth-order valence-electron chi connectivity index (χ4n) is 4.16. The Morgan fingerprint density at radius 1 is 1.24 bits per heavy atom. The second-order valence-corrected chi connectivity index (χ2v) is 11.1. The minimum atomic E-state index is -0.703. The molecule has 0 bridgehead atoms. The molecule has 7 nitrogen and oxygen atoms in total. The van der Waals surface area contributed by atoms with Crippen LogP contribution in [0.4, 0.5) is 0 Å². The molecule has 1 aliphatic heterocycles. The van der Waals surface area contributed by atoms with Crippen LogP contribution in [0.2, 0.25) is 0 Å². The highest BCUT2D eigenvalue weighted by atomic mass is 32.1. The Kier molecular flexibility index (Phi) is 7.92. The molecule has 0 unspecified atom stereocenters. The van der Waals surface area contributed by atoms with Crippen LogP contribution in [0.1, 0.15) is 52.3 Å². The molecular weight excluding hydrogens is 436 g/mol. The number of aliphatic hydroxyl groups excluding tert-OH is 1. The Morgan fingerprint density at radius 2 is 1.91 bits per heavy atom. The van der Waals surface area contributed by atoms with Gasteiger partial charge in [-0.2, -0.15) is 0 Å². The standard InChI is InChI=1S/C25H36N4O3S/c1-15(2)28-22(25(4,5)6)24(32)29-13-19(30)11-20(29)23(31)26-12-17-7-9-18(10-8-17)21-16(3)27-14-33-21/h7-10,14-15,19-20,22,28,30H,11-13H2,1-6H3,(H,26,31)/t19-,20+,22-/m0/s1. The van der Waals surface area contributed by atoms with Crippen LogP contribution in [0.3, 0.4) is 0 Å². The number of β-amino-alcohol motifs (C(OH)–C–C–N with tert-alkyl or cyclic N) is 1. The van der Waals surface area contributed by atoms with E-state index in [4.69, 9.17) is 0 Å². The van der Waals surface area contributed by atoms with Crippen molar-refractivity contribution < 1.29 is 14.7 Å². The van der Waals surface area contributed by atoms with Crippen LogP contribution in [-0.2, 0) is 16.1 Å². The van der Waals surface area contributed by atoms with Crippen LogP contribution < -0.4 is 10.6 Å². The zero-order valence-electron chi connectivity index (χ0n) is 20.4. The van der Waals surface area contributed by atoms with Crippen molar-refractivity contribution in [2.75, 3.05) is 6.54 Å². The van der Waals surface area contributed by atoms with E-state index >= 15 is 0 Å². The average Bonchev–Trinajstić information content (AvgIpc) is 3.35. The lowest BCUT2D eigenvalue weighted by molar-refractivity contribution is -0.142. The minimum absolute atomic E-state index is 0.120. The van der Waals surface area contributed by atoms with Gasteiger partial charge in [0.05, 0.1) is 28.2 Å². The molecule has 1 aromatic heterocycles. The Balaban J connectivity index is 1.66. The van der Waals surface area contributed by atoms with Gasteiger partial charge in [0.25, 0.3) is 0 Å². The van der Waals surface area contributed by atoms with Crippen molar-refractivity contribution in [3.63, 3.8) is 0 Å². The van der Waals surface area contributed by atoms with Gasteiger partial charge in [-0.05, 0) is 23.5 Å². The topological polar surface area (TPSA) is 94.6 Å². The fraction of sp³-hybridized carbons (Fsp3) is 0.560. The number of carbonyl (C=O) groups is 2. The minimum Gasteiger partial charge on any atom is -0.391 e. The molecule has 1 saturated heterocycles. The highest BCUT2D eigenvalue weighted by Gasteiger charge is 2.43. The maximum atomic E-state index is 13.4. The number of aromatic nitrogens is 1. The van der Waals surface area contributed by atoms with E-state index in [0.717, 1.165) is 21.7 Å². The number of benzene rings is 1. The highest BCUT2D eigenvalue weighted by Crippen LogP contribution is 2.28. The van der Waals surface area contributed by atoms with E-state index in [-0.39, 0.29) is 36.2 Å². The number of hydrogen-bond acceptors (Lipinski definition) is 6. The van der Waals surface area contributed by atoms with Crippen LogP contribution in [0.15, 0.2) is 29.8 Å². The molecule has 3 atom stereocenters. The van der Waals surface area contributed by atoms with Gasteiger partial charge in [-0.15, -0.1) is 11.3 Å². The molecule has 2 aromatic rings. The average molecular weight is 473 g/mol. The summed E-state index contributed by atoms with van der Waals surface area (Å²) >= 11 is 1.61. The third-order valence-electron chi connectivity index (χ3n) is 5.91. The van der Waals surface area contributed by atoms with Crippen molar-refractivity contribution in [3.05, 3.63) is 41.0 Å². The Bertz CT molecular complexity index is 965. The van der Waals surface area contributed by atoms with E-state index in [2.05, 4.69) is 15.6 Å². The lowest BCUT2D eigenvalue weighted by atomic mass is 9.85. The summed E-state index contributed by atoms with van der Waals surface area (Å²) in [7, 11) is 0. The Hall–Kier alpha value is -2.29. The highest BCUT2D eigenvalue weighted by molar-refractivity contribution is 7.13. The third kappa shape index (κ3) is 6.19. The van der Waals surface area contributed by atoms with E-state index in [0.29, 0.717) is 6.54 Å². The molecular formula is C25H36N4O3S. The predicted molar refractivity (Wildman–Crippen MR) is 132 cm³/mol. The summed E-state index contributed by atoms with van der Waals surface area (Å²) in [5.41, 5.74) is 4.59. The number of aryl methyl sites for hydroxylation is 1. The van der Waals surface area contributed by atoms with Crippen LogP contribution in [0, 0.1) is 12.3 Å². The molecule has 1 fully saturated rings. The molecule has 2 amide bonds. The van der Waals surface area contributed by atoms with Crippen molar-refractivity contribution in [2.45, 2.75) is 78.7 Å². The fourth-order valence-corrected chi connectivity index (χ4v) is 4.97. The van der Waals surface area contributed by atoms with E-state index in [1.165, 1.54) is 0 Å². The van der Waals surface area contributed by atoms with Gasteiger partial charge in [-0.25, -0.2) is 4.98 Å². The number of nitrogens with one attached hydrogen (secondary N) is 2. The summed E-state index contributed by atoms with van der Waals surface area (Å²) in [6.45, 7) is 12.5. The van der Waals surface area contributed by atoms with E-state index in [1.54, 1.807) is 16.2 Å². The summed E-state index contributed by atoms with van der Waals surface area (Å²) in [5.74, 6) is -0.378. The SMILES string of the molecule is Cc1ncsc1-c1ccc(CNC(=O)[C@H]2C[C@H](O)CN2C(=O)[C@H](NC(C)C)C(C)(C)C)cc1. The molecule has 0 spiro atoms. The molecule has 0 radical (unpaired) electrons. The summed E-state index contributed by atoms with van der Waals surface area (Å²) in [6, 6.07) is 7.04. The summed E-state index contributed by atoms with van der Waals surface area (Å²) in [4.78, 5) is 33.4. The van der Waals surface area contributed by atoms with Gasteiger partial charge in [0.15, 0.2) is 0 Å². The van der Waals surface area contributed by atoms with Crippen molar-refractivity contribution >= 4 is 23.2 Å². The van der Waals surface area contributed by atoms with Gasteiger partial charge in [-0.3, -0.25) is 9.59 Å². The first-order valence-electron chi connectivity index (χ1n) is 11.5. The van der Waals surface area contributed by atoms with Crippen molar-refractivity contribution in [2.24, 2.45) is 5.41 Å². The largest absolute Gasteiger partial charge is 0.391 e. The zero-order chi connectivity index (χ0) is 24.3. The van der Waals surface area contributed by atoms with Gasteiger partial charge < -0.3 is 20.6 Å². The first-order valence-corrected chi connectivity index (χ1v) is 12.4. The molecule has 0 saturated carbocycles. The predicted octanol–water partition coefficient (Wildman–Crippen LogP) is 3.11. The molecule has 180 valence electrons. The smallest absolute Gasteiger partial charge is 0.243 e. The molecule has 3 N–H and O–H groups in total. The number of amides is 2. The molecule has 1 aromatic carbocycles. The van der Waals surface area contributed by atoms with Crippen molar-refractivity contribution in [1.29, 1.82) is 0 Å². The van der Waals surface area contributed by atoms with Crippen LogP contribution in [0.25, 0.3) is 10.4 Å². The first kappa shape index (κ1) is 25.3. The van der Waals surface area contributed by atoms with E-state index < -0.39 is 18.2 Å². The number of rotatable bonds is 7. The zero-order valence-corrected chi connectivity index (χ0v) is 21.2. The Labute approximate surface area is 200 Å². The number of hydrogen-bond donors (Lipinski definition) is 3. The quantitative estimate of drug-likeness (QED) is 0.576. The summed E-state index contributed by atoms with van der Waals surface area (Å²) in [5, 5.41) is 16.6. The lowest BCUT2D eigenvalue weighted by Gasteiger charge is -2.36. The Morgan fingerprint density at radius 3 is 2.45 bits per heavy atom. The summed E-state index contributed by atoms with van der Waals surface area (Å²) < 4.78 is 0. The van der Waals surface area contributed by atoms with Crippen LogP contribution >= 0.6 is 11.3 Å². The number of nitrogens with zero attached hydrogens (tertiary/aromatic N) is 2.